The van der Waals surface area contributed by atoms with Crippen LogP contribution in [0.5, 0.6) is 0 Å². The quantitative estimate of drug-likeness (QED) is 0.876. The number of ether oxygens (including phenoxy) is 1. The molecule has 0 saturated carbocycles. The highest BCUT2D eigenvalue weighted by molar-refractivity contribution is 5.92. The van der Waals surface area contributed by atoms with Crippen molar-refractivity contribution in [2.24, 2.45) is 11.8 Å². The van der Waals surface area contributed by atoms with Gasteiger partial charge < -0.3 is 19.6 Å². The molecular formula is C19H30N4O3. The van der Waals surface area contributed by atoms with Crippen LogP contribution in [0.25, 0.3) is 0 Å². The Balaban J connectivity index is 1.74. The zero-order valence-electron chi connectivity index (χ0n) is 16.0. The first kappa shape index (κ1) is 19.0. The summed E-state index contributed by atoms with van der Waals surface area (Å²) in [6.07, 6.45) is 4.90. The maximum atomic E-state index is 12.7. The van der Waals surface area contributed by atoms with Crippen molar-refractivity contribution in [2.45, 2.75) is 39.2 Å². The zero-order valence-corrected chi connectivity index (χ0v) is 16.0. The maximum Gasteiger partial charge on any atom is 0.274 e. The maximum absolute atomic E-state index is 12.7. The molecule has 2 aliphatic heterocycles. The number of aromatic nitrogens is 2. The summed E-state index contributed by atoms with van der Waals surface area (Å²) in [6.45, 7) is 10.0. The van der Waals surface area contributed by atoms with Gasteiger partial charge in [-0.05, 0) is 25.7 Å². The van der Waals surface area contributed by atoms with E-state index in [1.165, 1.54) is 6.20 Å². The summed E-state index contributed by atoms with van der Waals surface area (Å²) >= 11 is 0. The van der Waals surface area contributed by atoms with Crippen LogP contribution >= 0.6 is 0 Å². The molecule has 1 aromatic heterocycles. The van der Waals surface area contributed by atoms with Gasteiger partial charge in [-0.15, -0.1) is 0 Å². The van der Waals surface area contributed by atoms with Gasteiger partial charge in [-0.3, -0.25) is 9.78 Å². The molecule has 3 heterocycles. The van der Waals surface area contributed by atoms with Crippen molar-refractivity contribution < 1.29 is 14.6 Å². The molecule has 1 aromatic rings. The fourth-order valence-corrected chi connectivity index (χ4v) is 3.76. The third kappa shape index (κ3) is 4.32. The van der Waals surface area contributed by atoms with Crippen LogP contribution in [-0.2, 0) is 4.74 Å². The second-order valence-electron chi connectivity index (χ2n) is 8.05. The van der Waals surface area contributed by atoms with E-state index in [1.807, 2.05) is 6.92 Å². The third-order valence-corrected chi connectivity index (χ3v) is 5.43. The Hall–Kier alpha value is -1.73. The molecule has 3 rings (SSSR count). The largest absolute Gasteiger partial charge is 0.390 e. The molecule has 1 N–H and O–H groups in total. The topological polar surface area (TPSA) is 78.8 Å². The number of anilines is 1. The Morgan fingerprint density at radius 1 is 1.35 bits per heavy atom. The number of hydrogen-bond acceptors (Lipinski definition) is 6. The van der Waals surface area contributed by atoms with Crippen LogP contribution in [0.15, 0.2) is 12.4 Å². The molecule has 7 heteroatoms. The summed E-state index contributed by atoms with van der Waals surface area (Å²) < 4.78 is 5.31. The molecule has 144 valence electrons. The summed E-state index contributed by atoms with van der Waals surface area (Å²) in [4.78, 5) is 25.4. The number of carbonyl (C=O) groups excluding carboxylic acids is 1. The standard InChI is InChI=1S/C19H30N4O3/c1-14(2)10-15-13-23(5-4-19(15,3)25)17-12-20-11-16(21-17)18(24)22-6-8-26-9-7-22/h11-12,14-15,25H,4-10,13H2,1-3H3/t15-,19+/m1/s1. The molecule has 0 unspecified atom stereocenters. The Kier molecular flexibility index (Phi) is 5.77. The fraction of sp³-hybridized carbons (Fsp3) is 0.737. The van der Waals surface area contributed by atoms with Gasteiger partial charge in [-0.25, -0.2) is 4.98 Å². The molecule has 0 aliphatic carbocycles. The molecule has 0 bridgehead atoms. The smallest absolute Gasteiger partial charge is 0.274 e. The van der Waals surface area contributed by atoms with Crippen molar-refractivity contribution in [2.75, 3.05) is 44.3 Å². The monoisotopic (exact) mass is 362 g/mol. The van der Waals surface area contributed by atoms with Crippen molar-refractivity contribution >= 4 is 11.7 Å². The second-order valence-corrected chi connectivity index (χ2v) is 8.05. The predicted octanol–water partition coefficient (Wildman–Crippen LogP) is 1.57. The molecule has 2 aliphatic rings. The van der Waals surface area contributed by atoms with E-state index in [0.717, 1.165) is 13.0 Å². The van der Waals surface area contributed by atoms with Crippen LogP contribution in [0.1, 0.15) is 44.1 Å². The summed E-state index contributed by atoms with van der Waals surface area (Å²) in [5.41, 5.74) is -0.280. The van der Waals surface area contributed by atoms with E-state index in [1.54, 1.807) is 11.1 Å². The first-order valence-corrected chi connectivity index (χ1v) is 9.53. The lowest BCUT2D eigenvalue weighted by Crippen LogP contribution is -2.51. The summed E-state index contributed by atoms with van der Waals surface area (Å²) in [6, 6.07) is 0. The lowest BCUT2D eigenvalue weighted by atomic mass is 9.78. The molecule has 2 fully saturated rings. The minimum atomic E-state index is -0.657. The molecule has 7 nitrogen and oxygen atoms in total. The van der Waals surface area contributed by atoms with E-state index in [0.29, 0.717) is 56.7 Å². The van der Waals surface area contributed by atoms with Crippen LogP contribution < -0.4 is 4.90 Å². The number of amides is 1. The number of piperidine rings is 1. The van der Waals surface area contributed by atoms with Crippen LogP contribution in [0.3, 0.4) is 0 Å². The second kappa shape index (κ2) is 7.88. The fourth-order valence-electron chi connectivity index (χ4n) is 3.76. The van der Waals surface area contributed by atoms with Crippen molar-refractivity contribution in [3.63, 3.8) is 0 Å². The van der Waals surface area contributed by atoms with Gasteiger partial charge in [0, 0.05) is 32.1 Å². The molecule has 0 aromatic carbocycles. The van der Waals surface area contributed by atoms with Crippen molar-refractivity contribution in [3.05, 3.63) is 18.1 Å². The lowest BCUT2D eigenvalue weighted by molar-refractivity contribution is -0.0247. The first-order chi connectivity index (χ1) is 12.4. The van der Waals surface area contributed by atoms with Gasteiger partial charge in [0.1, 0.15) is 11.5 Å². The predicted molar refractivity (Wildman–Crippen MR) is 99.2 cm³/mol. The number of hydrogen-bond donors (Lipinski definition) is 1. The lowest BCUT2D eigenvalue weighted by Gasteiger charge is -2.44. The summed E-state index contributed by atoms with van der Waals surface area (Å²) in [5.74, 6) is 1.32. The van der Waals surface area contributed by atoms with Gasteiger partial charge in [0.2, 0.25) is 0 Å². The highest BCUT2D eigenvalue weighted by Crippen LogP contribution is 2.33. The Morgan fingerprint density at radius 2 is 2.08 bits per heavy atom. The van der Waals surface area contributed by atoms with E-state index in [9.17, 15) is 9.90 Å². The van der Waals surface area contributed by atoms with Crippen LogP contribution in [0.2, 0.25) is 0 Å². The normalized spacial score (nSPS) is 27.0. The van der Waals surface area contributed by atoms with Gasteiger partial charge in [0.05, 0.1) is 31.2 Å². The molecule has 1 amide bonds. The van der Waals surface area contributed by atoms with Crippen LogP contribution in [0.4, 0.5) is 5.82 Å². The molecular weight excluding hydrogens is 332 g/mol. The highest BCUT2D eigenvalue weighted by atomic mass is 16.5. The number of rotatable bonds is 4. The Bertz CT molecular complexity index is 629. The van der Waals surface area contributed by atoms with Gasteiger partial charge in [0.15, 0.2) is 0 Å². The minimum Gasteiger partial charge on any atom is -0.390 e. The average molecular weight is 362 g/mol. The first-order valence-electron chi connectivity index (χ1n) is 9.53. The van der Waals surface area contributed by atoms with Crippen LogP contribution in [0, 0.1) is 11.8 Å². The van der Waals surface area contributed by atoms with E-state index in [4.69, 9.17) is 4.74 Å². The van der Waals surface area contributed by atoms with Crippen molar-refractivity contribution in [1.82, 2.24) is 14.9 Å². The number of nitrogens with zero attached hydrogens (tertiary/aromatic N) is 4. The SMILES string of the molecule is CC(C)C[C@@H]1CN(c2cncc(C(=O)N3CCOCC3)n2)CC[C@]1(C)O. The number of aliphatic hydroxyl groups is 1. The van der Waals surface area contributed by atoms with E-state index < -0.39 is 5.60 Å². The third-order valence-electron chi connectivity index (χ3n) is 5.43. The highest BCUT2D eigenvalue weighted by Gasteiger charge is 2.38. The average Bonchev–Trinajstić information content (AvgIpc) is 2.63. The number of morpholine rings is 1. The van der Waals surface area contributed by atoms with Crippen LogP contribution in [-0.4, -0.2) is 70.9 Å². The molecule has 2 saturated heterocycles. The Labute approximate surface area is 155 Å². The summed E-state index contributed by atoms with van der Waals surface area (Å²) in [7, 11) is 0. The van der Waals surface area contributed by atoms with E-state index in [2.05, 4.69) is 28.7 Å². The van der Waals surface area contributed by atoms with Crippen molar-refractivity contribution in [3.8, 4) is 0 Å². The van der Waals surface area contributed by atoms with Gasteiger partial charge in [0.25, 0.3) is 5.91 Å². The van der Waals surface area contributed by atoms with Gasteiger partial charge in [-0.1, -0.05) is 13.8 Å². The minimum absolute atomic E-state index is 0.0922. The zero-order chi connectivity index (χ0) is 18.7. The van der Waals surface area contributed by atoms with Crippen molar-refractivity contribution in [1.29, 1.82) is 0 Å². The number of carbonyl (C=O) groups is 1. The van der Waals surface area contributed by atoms with Gasteiger partial charge >= 0.3 is 0 Å². The van der Waals surface area contributed by atoms with E-state index >= 15 is 0 Å². The molecule has 0 spiro atoms. The molecule has 26 heavy (non-hydrogen) atoms. The Morgan fingerprint density at radius 3 is 2.77 bits per heavy atom. The molecule has 0 radical (unpaired) electrons. The van der Waals surface area contributed by atoms with Gasteiger partial charge in [-0.2, -0.15) is 0 Å². The molecule has 2 atom stereocenters. The summed E-state index contributed by atoms with van der Waals surface area (Å²) in [5, 5.41) is 10.7. The van der Waals surface area contributed by atoms with E-state index in [-0.39, 0.29) is 11.8 Å².